The summed E-state index contributed by atoms with van der Waals surface area (Å²) in [5, 5.41) is 1.11. The molecule has 3 rings (SSSR count). The first-order valence-corrected chi connectivity index (χ1v) is 10.9. The molecule has 0 bridgehead atoms. The monoisotopic (exact) mass is 409 g/mol. The number of sulfone groups is 1. The van der Waals surface area contributed by atoms with Gasteiger partial charge in [0.1, 0.15) is 11.6 Å². The van der Waals surface area contributed by atoms with Gasteiger partial charge in [-0.15, -0.1) is 11.8 Å². The van der Waals surface area contributed by atoms with Crippen LogP contribution in [-0.2, 0) is 21.2 Å². The summed E-state index contributed by atoms with van der Waals surface area (Å²) < 4.78 is 50.6. The average Bonchev–Trinajstić information content (AvgIpc) is 3.00. The van der Waals surface area contributed by atoms with Crippen molar-refractivity contribution in [2.75, 3.05) is 11.5 Å². The maximum Gasteiger partial charge on any atom is 0.233 e. The SMILES string of the molecule is O=C(CSc1cc(F)ccc1F)N(Cc1ccccc1)[C@@H]1C=CS(=O)(=O)C1. The molecule has 27 heavy (non-hydrogen) atoms. The summed E-state index contributed by atoms with van der Waals surface area (Å²) >= 11 is 0.887. The van der Waals surface area contributed by atoms with Crippen molar-refractivity contribution in [2.24, 2.45) is 0 Å². The van der Waals surface area contributed by atoms with Gasteiger partial charge in [-0.1, -0.05) is 30.3 Å². The highest BCUT2D eigenvalue weighted by atomic mass is 32.2. The van der Waals surface area contributed by atoms with Crippen LogP contribution in [0.5, 0.6) is 0 Å². The number of carbonyl (C=O) groups is 1. The summed E-state index contributed by atoms with van der Waals surface area (Å²) in [5.41, 5.74) is 0.852. The molecule has 1 aliphatic heterocycles. The fourth-order valence-corrected chi connectivity index (χ4v) is 4.88. The van der Waals surface area contributed by atoms with E-state index < -0.39 is 27.5 Å². The number of hydrogen-bond acceptors (Lipinski definition) is 4. The van der Waals surface area contributed by atoms with Gasteiger partial charge in [-0.25, -0.2) is 17.2 Å². The molecule has 0 radical (unpaired) electrons. The molecule has 2 aromatic carbocycles. The van der Waals surface area contributed by atoms with Gasteiger partial charge in [-0.2, -0.15) is 0 Å². The van der Waals surface area contributed by atoms with Gasteiger partial charge in [0.05, 0.1) is 17.5 Å². The molecule has 0 unspecified atom stereocenters. The van der Waals surface area contributed by atoms with Crippen molar-refractivity contribution in [1.29, 1.82) is 0 Å². The van der Waals surface area contributed by atoms with Crippen LogP contribution in [0.25, 0.3) is 0 Å². The minimum Gasteiger partial charge on any atom is -0.330 e. The molecule has 1 aliphatic rings. The van der Waals surface area contributed by atoms with E-state index in [-0.39, 0.29) is 28.9 Å². The third-order valence-electron chi connectivity index (χ3n) is 4.07. The van der Waals surface area contributed by atoms with Crippen LogP contribution in [0, 0.1) is 11.6 Å². The number of hydrogen-bond donors (Lipinski definition) is 0. The van der Waals surface area contributed by atoms with E-state index in [2.05, 4.69) is 0 Å². The number of thioether (sulfide) groups is 1. The van der Waals surface area contributed by atoms with Crippen molar-refractivity contribution in [2.45, 2.75) is 17.5 Å². The van der Waals surface area contributed by atoms with Gasteiger partial charge in [-0.05, 0) is 29.8 Å². The Hall–Kier alpha value is -2.19. The van der Waals surface area contributed by atoms with Crippen molar-refractivity contribution in [3.05, 3.63) is 77.2 Å². The Kier molecular flexibility index (Phi) is 5.96. The Labute approximate surface area is 160 Å². The molecular formula is C19H17F2NO3S2. The van der Waals surface area contributed by atoms with E-state index >= 15 is 0 Å². The number of carbonyl (C=O) groups excluding carboxylic acids is 1. The Morgan fingerprint density at radius 3 is 2.56 bits per heavy atom. The van der Waals surface area contributed by atoms with Gasteiger partial charge in [0.15, 0.2) is 9.84 Å². The maximum atomic E-state index is 13.8. The van der Waals surface area contributed by atoms with Crippen LogP contribution in [-0.4, -0.2) is 36.8 Å². The summed E-state index contributed by atoms with van der Waals surface area (Å²) in [4.78, 5) is 14.3. The molecule has 2 aromatic rings. The van der Waals surface area contributed by atoms with E-state index in [1.807, 2.05) is 30.3 Å². The largest absolute Gasteiger partial charge is 0.330 e. The summed E-state index contributed by atoms with van der Waals surface area (Å²) in [6.07, 6.45) is 1.49. The Morgan fingerprint density at radius 2 is 1.89 bits per heavy atom. The first-order valence-electron chi connectivity index (χ1n) is 8.16. The van der Waals surface area contributed by atoms with E-state index in [1.54, 1.807) is 0 Å². The van der Waals surface area contributed by atoms with Crippen LogP contribution < -0.4 is 0 Å². The van der Waals surface area contributed by atoms with Gasteiger partial charge in [-0.3, -0.25) is 4.79 Å². The van der Waals surface area contributed by atoms with E-state index in [0.717, 1.165) is 40.9 Å². The summed E-state index contributed by atoms with van der Waals surface area (Å²) in [7, 11) is -3.34. The third-order valence-corrected chi connectivity index (χ3v) is 6.47. The first kappa shape index (κ1) is 19.6. The molecule has 1 atom stereocenters. The predicted octanol–water partition coefficient (Wildman–Crippen LogP) is 3.40. The molecule has 8 heteroatoms. The quantitative estimate of drug-likeness (QED) is 0.687. The minimum absolute atomic E-state index is 0.0394. The maximum absolute atomic E-state index is 13.8. The van der Waals surface area contributed by atoms with Crippen LogP contribution in [0.4, 0.5) is 8.78 Å². The zero-order valence-corrected chi connectivity index (χ0v) is 15.8. The van der Waals surface area contributed by atoms with Crippen LogP contribution in [0.2, 0.25) is 0 Å². The van der Waals surface area contributed by atoms with E-state index in [4.69, 9.17) is 0 Å². The lowest BCUT2D eigenvalue weighted by Gasteiger charge is -2.27. The normalized spacial score (nSPS) is 17.8. The summed E-state index contributed by atoms with van der Waals surface area (Å²) in [6.45, 7) is 0.233. The second-order valence-electron chi connectivity index (χ2n) is 6.10. The zero-order chi connectivity index (χ0) is 19.4. The summed E-state index contributed by atoms with van der Waals surface area (Å²) in [6, 6.07) is 11.7. The van der Waals surface area contributed by atoms with Gasteiger partial charge in [0.2, 0.25) is 5.91 Å². The number of halogens is 2. The fraction of sp³-hybridized carbons (Fsp3) is 0.211. The molecule has 0 saturated heterocycles. The topological polar surface area (TPSA) is 54.5 Å². The lowest BCUT2D eigenvalue weighted by molar-refractivity contribution is -0.130. The Bertz CT molecular complexity index is 962. The molecule has 0 fully saturated rings. The lowest BCUT2D eigenvalue weighted by Crippen LogP contribution is -2.41. The van der Waals surface area contributed by atoms with Crippen LogP contribution in [0.1, 0.15) is 5.56 Å². The number of rotatable bonds is 6. The summed E-state index contributed by atoms with van der Waals surface area (Å²) in [5.74, 6) is -1.84. The van der Waals surface area contributed by atoms with E-state index in [0.29, 0.717) is 0 Å². The van der Waals surface area contributed by atoms with Crippen molar-refractivity contribution in [3.8, 4) is 0 Å². The second-order valence-corrected chi connectivity index (χ2v) is 9.04. The van der Waals surface area contributed by atoms with Crippen LogP contribution >= 0.6 is 11.8 Å². The van der Waals surface area contributed by atoms with Gasteiger partial charge in [0.25, 0.3) is 0 Å². The molecule has 0 spiro atoms. The van der Waals surface area contributed by atoms with Crippen molar-refractivity contribution in [1.82, 2.24) is 4.90 Å². The molecule has 0 aliphatic carbocycles. The Balaban J connectivity index is 1.76. The first-order chi connectivity index (χ1) is 12.8. The molecular weight excluding hydrogens is 392 g/mol. The van der Waals surface area contributed by atoms with Gasteiger partial charge < -0.3 is 4.90 Å². The second kappa shape index (κ2) is 8.22. The van der Waals surface area contributed by atoms with Crippen molar-refractivity contribution in [3.63, 3.8) is 0 Å². The van der Waals surface area contributed by atoms with Crippen molar-refractivity contribution >= 4 is 27.5 Å². The van der Waals surface area contributed by atoms with E-state index in [9.17, 15) is 22.0 Å². The number of benzene rings is 2. The molecule has 0 aromatic heterocycles. The van der Waals surface area contributed by atoms with Crippen LogP contribution in [0.15, 0.2) is 64.9 Å². The highest BCUT2D eigenvalue weighted by Gasteiger charge is 2.30. The number of nitrogens with zero attached hydrogens (tertiary/aromatic N) is 1. The van der Waals surface area contributed by atoms with E-state index in [1.165, 1.54) is 11.0 Å². The third kappa shape index (κ3) is 5.17. The van der Waals surface area contributed by atoms with Gasteiger partial charge in [0, 0.05) is 16.8 Å². The number of amides is 1. The predicted molar refractivity (Wildman–Crippen MR) is 101 cm³/mol. The molecule has 142 valence electrons. The molecule has 4 nitrogen and oxygen atoms in total. The highest BCUT2D eigenvalue weighted by molar-refractivity contribution is 8.00. The minimum atomic E-state index is -3.34. The molecule has 1 amide bonds. The van der Waals surface area contributed by atoms with Crippen LogP contribution in [0.3, 0.4) is 0 Å². The highest BCUT2D eigenvalue weighted by Crippen LogP contribution is 2.25. The average molecular weight is 409 g/mol. The smallest absolute Gasteiger partial charge is 0.233 e. The van der Waals surface area contributed by atoms with Gasteiger partial charge >= 0.3 is 0 Å². The standard InChI is InChI=1S/C19H17F2NO3S2/c20-15-6-7-17(21)18(10-15)26-12-19(23)22(11-14-4-2-1-3-5-14)16-8-9-27(24,25)13-16/h1-10,16H,11-13H2/t16-/m1/s1. The molecule has 0 saturated carbocycles. The Morgan fingerprint density at radius 1 is 1.15 bits per heavy atom. The fourth-order valence-electron chi connectivity index (χ4n) is 2.73. The van der Waals surface area contributed by atoms with Crippen molar-refractivity contribution < 1.29 is 22.0 Å². The lowest BCUT2D eigenvalue weighted by atomic mass is 10.2. The zero-order valence-electron chi connectivity index (χ0n) is 14.2. The molecule has 1 heterocycles. The molecule has 0 N–H and O–H groups in total.